The molecular weight excluding hydrogens is 407 g/mol. The Morgan fingerprint density at radius 1 is 1.27 bits per heavy atom. The number of halogens is 2. The summed E-state index contributed by atoms with van der Waals surface area (Å²) in [6.07, 6.45) is 1.37. The molecule has 0 radical (unpaired) electrons. The molecular formula is C18H14BrFN2O4. The van der Waals surface area contributed by atoms with Gasteiger partial charge in [-0.25, -0.2) is 9.18 Å². The standard InChI is InChI=1S/C18H14BrFN2O4/c1-26-15-8-12(19)6-11(16(15)23)7-14-17(24)22(18(25)21-14)9-10-2-4-13(20)5-3-10/h2-8,23H,9H2,1H3,(H,21,25). The molecule has 1 heterocycles. The van der Waals surface area contributed by atoms with Crippen molar-refractivity contribution in [2.45, 2.75) is 6.54 Å². The van der Waals surface area contributed by atoms with Gasteiger partial charge in [0.2, 0.25) is 0 Å². The van der Waals surface area contributed by atoms with Crippen LogP contribution in [0.5, 0.6) is 11.5 Å². The lowest BCUT2D eigenvalue weighted by Crippen LogP contribution is -2.30. The predicted octanol–water partition coefficient (Wildman–Crippen LogP) is 3.40. The molecule has 3 rings (SSSR count). The average molecular weight is 421 g/mol. The van der Waals surface area contributed by atoms with Crippen molar-refractivity contribution in [3.05, 3.63) is 63.5 Å². The molecule has 0 aromatic heterocycles. The predicted molar refractivity (Wildman–Crippen MR) is 95.8 cm³/mol. The minimum atomic E-state index is -0.591. The number of ether oxygens (including phenoxy) is 1. The van der Waals surface area contributed by atoms with Gasteiger partial charge >= 0.3 is 6.03 Å². The van der Waals surface area contributed by atoms with Crippen LogP contribution in [0.25, 0.3) is 6.08 Å². The van der Waals surface area contributed by atoms with Gasteiger partial charge in [-0.3, -0.25) is 9.69 Å². The maximum Gasteiger partial charge on any atom is 0.329 e. The van der Waals surface area contributed by atoms with Gasteiger partial charge in [0.05, 0.1) is 13.7 Å². The Balaban J connectivity index is 1.88. The van der Waals surface area contributed by atoms with Crippen molar-refractivity contribution in [2.75, 3.05) is 7.11 Å². The molecule has 1 aliphatic heterocycles. The molecule has 26 heavy (non-hydrogen) atoms. The number of imide groups is 1. The highest BCUT2D eigenvalue weighted by Crippen LogP contribution is 2.35. The number of phenols is 1. The summed E-state index contributed by atoms with van der Waals surface area (Å²) in [7, 11) is 1.41. The summed E-state index contributed by atoms with van der Waals surface area (Å²) in [4.78, 5) is 25.6. The van der Waals surface area contributed by atoms with Gasteiger partial charge in [0.1, 0.15) is 11.5 Å². The number of hydrogen-bond donors (Lipinski definition) is 2. The molecule has 2 aromatic rings. The van der Waals surface area contributed by atoms with E-state index in [1.807, 2.05) is 0 Å². The van der Waals surface area contributed by atoms with E-state index in [1.54, 1.807) is 12.1 Å². The van der Waals surface area contributed by atoms with E-state index in [0.717, 1.165) is 4.90 Å². The molecule has 0 bridgehead atoms. The number of carbonyl (C=O) groups is 2. The lowest BCUT2D eigenvalue weighted by Gasteiger charge is -2.11. The van der Waals surface area contributed by atoms with Crippen LogP contribution in [0.4, 0.5) is 9.18 Å². The summed E-state index contributed by atoms with van der Waals surface area (Å²) in [5.41, 5.74) is 0.944. The first-order chi connectivity index (χ1) is 12.4. The van der Waals surface area contributed by atoms with E-state index >= 15 is 0 Å². The van der Waals surface area contributed by atoms with Crippen LogP contribution in [0.15, 0.2) is 46.6 Å². The average Bonchev–Trinajstić information content (AvgIpc) is 2.87. The van der Waals surface area contributed by atoms with Crippen molar-refractivity contribution < 1.29 is 23.8 Å². The van der Waals surface area contributed by atoms with E-state index in [4.69, 9.17) is 4.74 Å². The van der Waals surface area contributed by atoms with Gasteiger partial charge in [-0.1, -0.05) is 28.1 Å². The van der Waals surface area contributed by atoms with Gasteiger partial charge in [0, 0.05) is 10.0 Å². The smallest absolute Gasteiger partial charge is 0.329 e. The van der Waals surface area contributed by atoms with Crippen LogP contribution in [0.3, 0.4) is 0 Å². The van der Waals surface area contributed by atoms with E-state index < -0.39 is 17.8 Å². The second-order valence-electron chi connectivity index (χ2n) is 5.55. The van der Waals surface area contributed by atoms with Crippen molar-refractivity contribution in [2.24, 2.45) is 0 Å². The maximum absolute atomic E-state index is 13.0. The monoisotopic (exact) mass is 420 g/mol. The van der Waals surface area contributed by atoms with Gasteiger partial charge in [0.25, 0.3) is 5.91 Å². The SMILES string of the molecule is COc1cc(Br)cc(C=C2NC(=O)N(Cc3ccc(F)cc3)C2=O)c1O. The number of hydrogen-bond acceptors (Lipinski definition) is 4. The summed E-state index contributed by atoms with van der Waals surface area (Å²) in [6.45, 7) is 0.00999. The van der Waals surface area contributed by atoms with Crippen LogP contribution in [-0.2, 0) is 11.3 Å². The van der Waals surface area contributed by atoms with Crippen molar-refractivity contribution in [3.8, 4) is 11.5 Å². The summed E-state index contributed by atoms with van der Waals surface area (Å²) >= 11 is 3.29. The highest BCUT2D eigenvalue weighted by atomic mass is 79.9. The first-order valence-electron chi connectivity index (χ1n) is 7.54. The number of nitrogens with zero attached hydrogens (tertiary/aromatic N) is 1. The molecule has 1 aliphatic rings. The van der Waals surface area contributed by atoms with Crippen LogP contribution in [-0.4, -0.2) is 29.1 Å². The van der Waals surface area contributed by atoms with Crippen LogP contribution < -0.4 is 10.1 Å². The lowest BCUT2D eigenvalue weighted by molar-refractivity contribution is -0.123. The quantitative estimate of drug-likeness (QED) is 0.586. The lowest BCUT2D eigenvalue weighted by atomic mass is 10.1. The largest absolute Gasteiger partial charge is 0.504 e. The van der Waals surface area contributed by atoms with E-state index in [2.05, 4.69) is 21.2 Å². The van der Waals surface area contributed by atoms with E-state index in [9.17, 15) is 19.1 Å². The first kappa shape index (κ1) is 17.9. The van der Waals surface area contributed by atoms with Crippen molar-refractivity contribution in [1.82, 2.24) is 10.2 Å². The molecule has 2 aromatic carbocycles. The summed E-state index contributed by atoms with van der Waals surface area (Å²) in [5.74, 6) is -0.864. The Morgan fingerprint density at radius 3 is 2.62 bits per heavy atom. The third-order valence-electron chi connectivity index (χ3n) is 3.81. The normalized spacial score (nSPS) is 15.5. The van der Waals surface area contributed by atoms with Crippen LogP contribution in [0, 0.1) is 5.82 Å². The van der Waals surface area contributed by atoms with E-state index in [0.29, 0.717) is 15.6 Å². The first-order valence-corrected chi connectivity index (χ1v) is 8.34. The number of nitrogens with one attached hydrogen (secondary N) is 1. The second kappa shape index (κ2) is 7.17. The number of methoxy groups -OCH3 is 1. The molecule has 6 nitrogen and oxygen atoms in total. The molecule has 0 saturated carbocycles. The minimum Gasteiger partial charge on any atom is -0.504 e. The zero-order valence-electron chi connectivity index (χ0n) is 13.6. The fourth-order valence-corrected chi connectivity index (χ4v) is 2.96. The molecule has 134 valence electrons. The topological polar surface area (TPSA) is 78.9 Å². The number of benzene rings is 2. The van der Waals surface area contributed by atoms with Gasteiger partial charge in [-0.05, 0) is 35.9 Å². The van der Waals surface area contributed by atoms with Crippen LogP contribution in [0.2, 0.25) is 0 Å². The molecule has 0 atom stereocenters. The maximum atomic E-state index is 13.0. The number of rotatable bonds is 4. The van der Waals surface area contributed by atoms with Gasteiger partial charge in [0.15, 0.2) is 11.5 Å². The third kappa shape index (κ3) is 3.55. The van der Waals surface area contributed by atoms with Crippen molar-refractivity contribution in [1.29, 1.82) is 0 Å². The third-order valence-corrected chi connectivity index (χ3v) is 4.26. The molecule has 0 spiro atoms. The Labute approximate surface area is 157 Å². The molecule has 0 unspecified atom stereocenters. The minimum absolute atomic E-state index is 0.00999. The number of phenolic OH excluding ortho intramolecular Hbond substituents is 1. The Kier molecular flexibility index (Phi) is 4.94. The number of aromatic hydroxyl groups is 1. The molecule has 1 fully saturated rings. The van der Waals surface area contributed by atoms with Crippen LogP contribution >= 0.6 is 15.9 Å². The highest BCUT2D eigenvalue weighted by Gasteiger charge is 2.33. The number of amides is 3. The zero-order chi connectivity index (χ0) is 18.8. The van der Waals surface area contributed by atoms with Gasteiger partial charge in [-0.15, -0.1) is 0 Å². The fraction of sp³-hybridized carbons (Fsp3) is 0.111. The number of urea groups is 1. The van der Waals surface area contributed by atoms with Gasteiger partial charge in [-0.2, -0.15) is 0 Å². The second-order valence-corrected chi connectivity index (χ2v) is 6.47. The van der Waals surface area contributed by atoms with Gasteiger partial charge < -0.3 is 15.2 Å². The Bertz CT molecular complexity index is 912. The van der Waals surface area contributed by atoms with E-state index in [1.165, 1.54) is 37.5 Å². The summed E-state index contributed by atoms with van der Waals surface area (Å²) in [6, 6.07) is 8.10. The Morgan fingerprint density at radius 2 is 1.96 bits per heavy atom. The molecule has 0 aliphatic carbocycles. The summed E-state index contributed by atoms with van der Waals surface area (Å²) < 4.78 is 18.7. The zero-order valence-corrected chi connectivity index (χ0v) is 15.2. The summed E-state index contributed by atoms with van der Waals surface area (Å²) in [5, 5.41) is 12.7. The van der Waals surface area contributed by atoms with Crippen molar-refractivity contribution in [3.63, 3.8) is 0 Å². The highest BCUT2D eigenvalue weighted by molar-refractivity contribution is 9.10. The van der Waals surface area contributed by atoms with Crippen LogP contribution in [0.1, 0.15) is 11.1 Å². The molecule has 2 N–H and O–H groups in total. The molecule has 1 saturated heterocycles. The molecule has 8 heteroatoms. The Hall–Kier alpha value is -2.87. The van der Waals surface area contributed by atoms with E-state index in [-0.39, 0.29) is 23.7 Å². The molecule has 3 amide bonds. The van der Waals surface area contributed by atoms with Crippen molar-refractivity contribution >= 4 is 33.9 Å². The number of carbonyl (C=O) groups excluding carboxylic acids is 2. The fourth-order valence-electron chi connectivity index (χ4n) is 2.50.